The third-order valence-corrected chi connectivity index (χ3v) is 1.91. The molecule has 0 atom stereocenters. The van der Waals surface area contributed by atoms with E-state index in [0.29, 0.717) is 5.69 Å². The van der Waals surface area contributed by atoms with Gasteiger partial charge in [0.15, 0.2) is 5.69 Å². The van der Waals surface area contributed by atoms with Crippen LogP contribution in [0.15, 0.2) is 0 Å². The summed E-state index contributed by atoms with van der Waals surface area (Å²) >= 11 is 0. The molecule has 0 radical (unpaired) electrons. The first kappa shape index (κ1) is 8.77. The number of hydrogen-bond donors (Lipinski definition) is 2. The van der Waals surface area contributed by atoms with Gasteiger partial charge in [0, 0.05) is 18.3 Å². The summed E-state index contributed by atoms with van der Waals surface area (Å²) < 4.78 is 0. The van der Waals surface area contributed by atoms with Crippen LogP contribution in [0.5, 0.6) is 0 Å². The minimum absolute atomic E-state index is 0.136. The van der Waals surface area contributed by atoms with Crippen molar-refractivity contribution in [2.75, 3.05) is 7.05 Å². The molecule has 0 aliphatic carbocycles. The third kappa shape index (κ3) is 1.32. The summed E-state index contributed by atoms with van der Waals surface area (Å²) in [6.45, 7) is 3.92. The molecule has 0 saturated heterocycles. The lowest BCUT2D eigenvalue weighted by Gasteiger charge is -1.95. The molecule has 4 nitrogen and oxygen atoms in total. The van der Waals surface area contributed by atoms with Gasteiger partial charge in [-0.3, -0.25) is 9.89 Å². The van der Waals surface area contributed by atoms with E-state index in [0.717, 1.165) is 17.7 Å². The molecular formula is C8H13N3O. The zero-order valence-electron chi connectivity index (χ0n) is 7.56. The van der Waals surface area contributed by atoms with E-state index >= 15 is 0 Å². The molecular weight excluding hydrogens is 154 g/mol. The largest absolute Gasteiger partial charge is 0.354 e. The van der Waals surface area contributed by atoms with E-state index in [2.05, 4.69) is 15.5 Å². The quantitative estimate of drug-likeness (QED) is 0.679. The van der Waals surface area contributed by atoms with Crippen molar-refractivity contribution in [1.82, 2.24) is 15.5 Å². The highest BCUT2D eigenvalue weighted by atomic mass is 16.1. The highest BCUT2D eigenvalue weighted by Crippen LogP contribution is 2.09. The van der Waals surface area contributed by atoms with Crippen molar-refractivity contribution in [2.45, 2.75) is 20.3 Å². The minimum atomic E-state index is -0.136. The predicted molar refractivity (Wildman–Crippen MR) is 46.1 cm³/mol. The van der Waals surface area contributed by atoms with E-state index in [1.807, 2.05) is 13.8 Å². The highest BCUT2D eigenvalue weighted by Gasteiger charge is 2.12. The number of amides is 1. The van der Waals surface area contributed by atoms with E-state index in [4.69, 9.17) is 0 Å². The van der Waals surface area contributed by atoms with Crippen LogP contribution in [0, 0.1) is 6.92 Å². The number of carbonyl (C=O) groups excluding carboxylic acids is 1. The summed E-state index contributed by atoms with van der Waals surface area (Å²) in [4.78, 5) is 11.2. The number of H-pyrrole nitrogens is 1. The van der Waals surface area contributed by atoms with Crippen LogP contribution in [0.3, 0.4) is 0 Å². The fourth-order valence-corrected chi connectivity index (χ4v) is 1.12. The maximum atomic E-state index is 11.2. The van der Waals surface area contributed by atoms with E-state index < -0.39 is 0 Å². The van der Waals surface area contributed by atoms with E-state index in [1.165, 1.54) is 0 Å². The van der Waals surface area contributed by atoms with Crippen LogP contribution in [0.25, 0.3) is 0 Å². The SMILES string of the molecule is CCc1[nH]nc(C(=O)NC)c1C. The maximum absolute atomic E-state index is 11.2. The van der Waals surface area contributed by atoms with Crippen molar-refractivity contribution in [1.29, 1.82) is 0 Å². The molecule has 2 N–H and O–H groups in total. The van der Waals surface area contributed by atoms with Crippen LogP contribution >= 0.6 is 0 Å². The van der Waals surface area contributed by atoms with Gasteiger partial charge >= 0.3 is 0 Å². The molecule has 12 heavy (non-hydrogen) atoms. The van der Waals surface area contributed by atoms with Gasteiger partial charge in [-0.05, 0) is 13.3 Å². The Hall–Kier alpha value is -1.32. The van der Waals surface area contributed by atoms with Gasteiger partial charge in [-0.15, -0.1) is 0 Å². The number of aromatic nitrogens is 2. The molecule has 1 rings (SSSR count). The Labute approximate surface area is 71.4 Å². The first-order valence-electron chi connectivity index (χ1n) is 3.96. The Morgan fingerprint density at radius 1 is 1.67 bits per heavy atom. The van der Waals surface area contributed by atoms with E-state index in [1.54, 1.807) is 7.05 Å². The molecule has 1 aromatic heterocycles. The smallest absolute Gasteiger partial charge is 0.271 e. The maximum Gasteiger partial charge on any atom is 0.271 e. The number of aromatic amines is 1. The molecule has 0 aromatic carbocycles. The molecule has 0 aliphatic heterocycles. The topological polar surface area (TPSA) is 57.8 Å². The zero-order chi connectivity index (χ0) is 9.14. The van der Waals surface area contributed by atoms with Crippen LogP contribution in [0.4, 0.5) is 0 Å². The van der Waals surface area contributed by atoms with Crippen molar-refractivity contribution in [3.05, 3.63) is 17.0 Å². The van der Waals surface area contributed by atoms with Gasteiger partial charge in [0.1, 0.15) is 0 Å². The van der Waals surface area contributed by atoms with Gasteiger partial charge < -0.3 is 5.32 Å². The van der Waals surface area contributed by atoms with Crippen LogP contribution in [0.1, 0.15) is 28.7 Å². The standard InChI is InChI=1S/C8H13N3O/c1-4-6-5(2)7(11-10-6)8(12)9-3/h4H2,1-3H3,(H,9,12)(H,10,11). The summed E-state index contributed by atoms with van der Waals surface area (Å²) in [5.41, 5.74) is 2.46. The monoisotopic (exact) mass is 167 g/mol. The normalized spacial score (nSPS) is 9.92. The van der Waals surface area contributed by atoms with Gasteiger partial charge in [-0.1, -0.05) is 6.92 Å². The van der Waals surface area contributed by atoms with Crippen molar-refractivity contribution < 1.29 is 4.79 Å². The lowest BCUT2D eigenvalue weighted by molar-refractivity contribution is 0.0957. The minimum Gasteiger partial charge on any atom is -0.354 e. The van der Waals surface area contributed by atoms with Crippen LogP contribution in [-0.2, 0) is 6.42 Å². The van der Waals surface area contributed by atoms with Crippen LogP contribution in [-0.4, -0.2) is 23.2 Å². The first-order chi connectivity index (χ1) is 5.70. The Bertz CT molecular complexity index is 290. The second-order valence-electron chi connectivity index (χ2n) is 2.61. The fourth-order valence-electron chi connectivity index (χ4n) is 1.12. The molecule has 1 heterocycles. The summed E-state index contributed by atoms with van der Waals surface area (Å²) in [7, 11) is 1.60. The summed E-state index contributed by atoms with van der Waals surface area (Å²) in [5, 5.41) is 9.29. The summed E-state index contributed by atoms with van der Waals surface area (Å²) in [5.74, 6) is -0.136. The number of rotatable bonds is 2. The van der Waals surface area contributed by atoms with Crippen molar-refractivity contribution in [3.63, 3.8) is 0 Å². The van der Waals surface area contributed by atoms with Crippen molar-refractivity contribution >= 4 is 5.91 Å². The average molecular weight is 167 g/mol. The summed E-state index contributed by atoms with van der Waals surface area (Å²) in [6.07, 6.45) is 0.871. The van der Waals surface area contributed by atoms with Gasteiger partial charge in [-0.2, -0.15) is 5.10 Å². The van der Waals surface area contributed by atoms with E-state index in [9.17, 15) is 4.79 Å². The molecule has 0 unspecified atom stereocenters. The number of aryl methyl sites for hydroxylation is 1. The Morgan fingerprint density at radius 2 is 2.33 bits per heavy atom. The molecule has 0 bridgehead atoms. The number of carbonyl (C=O) groups is 1. The Kier molecular flexibility index (Phi) is 2.47. The zero-order valence-corrected chi connectivity index (χ0v) is 7.56. The molecule has 1 amide bonds. The van der Waals surface area contributed by atoms with Gasteiger partial charge in [0.05, 0.1) is 0 Å². The second-order valence-corrected chi connectivity index (χ2v) is 2.61. The fraction of sp³-hybridized carbons (Fsp3) is 0.500. The lowest BCUT2D eigenvalue weighted by atomic mass is 10.1. The molecule has 0 saturated carbocycles. The molecule has 0 spiro atoms. The van der Waals surface area contributed by atoms with Crippen molar-refractivity contribution in [3.8, 4) is 0 Å². The van der Waals surface area contributed by atoms with E-state index in [-0.39, 0.29) is 5.91 Å². The molecule has 0 fully saturated rings. The van der Waals surface area contributed by atoms with Gasteiger partial charge in [-0.25, -0.2) is 0 Å². The Morgan fingerprint density at radius 3 is 2.75 bits per heavy atom. The number of nitrogens with one attached hydrogen (secondary N) is 2. The molecule has 1 aromatic rings. The molecule has 0 aliphatic rings. The lowest BCUT2D eigenvalue weighted by Crippen LogP contribution is -2.19. The third-order valence-electron chi connectivity index (χ3n) is 1.91. The van der Waals surface area contributed by atoms with Gasteiger partial charge in [0.25, 0.3) is 5.91 Å². The molecule has 4 heteroatoms. The number of nitrogens with zero attached hydrogens (tertiary/aromatic N) is 1. The van der Waals surface area contributed by atoms with Crippen LogP contribution < -0.4 is 5.32 Å². The highest BCUT2D eigenvalue weighted by molar-refractivity contribution is 5.93. The van der Waals surface area contributed by atoms with Crippen LogP contribution in [0.2, 0.25) is 0 Å². The second kappa shape index (κ2) is 3.38. The Balaban J connectivity index is 3.02. The van der Waals surface area contributed by atoms with Gasteiger partial charge in [0.2, 0.25) is 0 Å². The first-order valence-corrected chi connectivity index (χ1v) is 3.96. The number of hydrogen-bond acceptors (Lipinski definition) is 2. The van der Waals surface area contributed by atoms with Crippen molar-refractivity contribution in [2.24, 2.45) is 0 Å². The summed E-state index contributed by atoms with van der Waals surface area (Å²) in [6, 6.07) is 0. The average Bonchev–Trinajstić information content (AvgIpc) is 2.45. The predicted octanol–water partition coefficient (Wildman–Crippen LogP) is 0.640. The molecule has 66 valence electrons.